The average molecular weight is 252 g/mol. The molecule has 0 aromatic heterocycles. The number of ether oxygens (including phenoxy) is 1. The Morgan fingerprint density at radius 1 is 1.17 bits per heavy atom. The van der Waals surface area contributed by atoms with E-state index >= 15 is 0 Å². The molecule has 1 rings (SSSR count). The molecule has 0 saturated heterocycles. The van der Waals surface area contributed by atoms with E-state index in [2.05, 4.69) is 0 Å². The van der Waals surface area contributed by atoms with Crippen LogP contribution in [-0.2, 0) is 9.53 Å². The molecule has 4 nitrogen and oxygen atoms in total. The van der Waals surface area contributed by atoms with E-state index in [9.17, 15) is 15.0 Å². The lowest BCUT2D eigenvalue weighted by atomic mass is 10.1. The van der Waals surface area contributed by atoms with Gasteiger partial charge in [0, 0.05) is 6.08 Å². The van der Waals surface area contributed by atoms with Crippen molar-refractivity contribution >= 4 is 5.97 Å². The summed E-state index contributed by atoms with van der Waals surface area (Å²) in [6, 6.07) is 0. The topological polar surface area (TPSA) is 66.8 Å². The number of hydrogen-bond donors (Lipinski definition) is 2. The van der Waals surface area contributed by atoms with Gasteiger partial charge in [0.25, 0.3) is 0 Å². The molecule has 0 bridgehead atoms. The number of rotatable bonds is 0. The van der Waals surface area contributed by atoms with Crippen LogP contribution in [-0.4, -0.2) is 34.5 Å². The molecule has 0 radical (unpaired) electrons. The van der Waals surface area contributed by atoms with Crippen LogP contribution in [0.4, 0.5) is 0 Å². The maximum absolute atomic E-state index is 11.4. The summed E-state index contributed by atoms with van der Waals surface area (Å²) in [5, 5.41) is 19.1. The second-order valence-electron chi connectivity index (χ2n) is 4.37. The standard InChI is InChI=1S/C14H20O4/c1-11-5-4-8-12(15)6-2-3-7-13(16)9-10-14(17)18-11/h2-3,6-7,9-13,15-16H,4-5,8H2,1H3/b6-2-,7-3?,10-9+/t11?,12-,13+/m0/s1. The lowest BCUT2D eigenvalue weighted by Gasteiger charge is -2.13. The van der Waals surface area contributed by atoms with Crippen LogP contribution < -0.4 is 0 Å². The second kappa shape index (κ2) is 7.84. The summed E-state index contributed by atoms with van der Waals surface area (Å²) in [5.41, 5.74) is 0. The van der Waals surface area contributed by atoms with Crippen molar-refractivity contribution in [3.8, 4) is 0 Å². The third-order valence-corrected chi connectivity index (χ3v) is 2.61. The lowest BCUT2D eigenvalue weighted by Crippen LogP contribution is -2.14. The first-order valence-electron chi connectivity index (χ1n) is 6.18. The minimum atomic E-state index is -0.836. The first-order chi connectivity index (χ1) is 8.58. The first kappa shape index (κ1) is 14.7. The molecule has 3 atom stereocenters. The van der Waals surface area contributed by atoms with Gasteiger partial charge in [0.1, 0.15) is 0 Å². The van der Waals surface area contributed by atoms with Crippen LogP contribution in [0.2, 0.25) is 0 Å². The van der Waals surface area contributed by atoms with Gasteiger partial charge in [0.05, 0.1) is 18.3 Å². The maximum atomic E-state index is 11.4. The van der Waals surface area contributed by atoms with E-state index in [0.717, 1.165) is 6.42 Å². The lowest BCUT2D eigenvalue weighted by molar-refractivity contribution is -0.142. The van der Waals surface area contributed by atoms with Gasteiger partial charge >= 0.3 is 5.97 Å². The average Bonchev–Trinajstić information content (AvgIpc) is 2.31. The van der Waals surface area contributed by atoms with Crippen molar-refractivity contribution in [1.82, 2.24) is 0 Å². The summed E-state index contributed by atoms with van der Waals surface area (Å²) in [5.74, 6) is -0.455. The molecule has 18 heavy (non-hydrogen) atoms. The van der Waals surface area contributed by atoms with Gasteiger partial charge < -0.3 is 14.9 Å². The molecule has 0 aliphatic carbocycles. The highest BCUT2D eigenvalue weighted by molar-refractivity contribution is 5.82. The van der Waals surface area contributed by atoms with Crippen molar-refractivity contribution in [3.63, 3.8) is 0 Å². The van der Waals surface area contributed by atoms with E-state index in [1.807, 2.05) is 6.92 Å². The van der Waals surface area contributed by atoms with Gasteiger partial charge in [-0.05, 0) is 32.3 Å². The number of allylic oxidation sites excluding steroid dienone is 2. The molecule has 1 heterocycles. The molecule has 4 heteroatoms. The summed E-state index contributed by atoms with van der Waals surface area (Å²) in [6.45, 7) is 1.82. The minimum absolute atomic E-state index is 0.186. The van der Waals surface area contributed by atoms with Crippen LogP contribution >= 0.6 is 0 Å². The van der Waals surface area contributed by atoms with Crippen LogP contribution in [0.5, 0.6) is 0 Å². The Morgan fingerprint density at radius 3 is 2.67 bits per heavy atom. The van der Waals surface area contributed by atoms with Crippen LogP contribution in [0.3, 0.4) is 0 Å². The Morgan fingerprint density at radius 2 is 1.89 bits per heavy atom. The zero-order chi connectivity index (χ0) is 13.4. The highest BCUT2D eigenvalue weighted by Crippen LogP contribution is 2.09. The monoisotopic (exact) mass is 252 g/mol. The molecular weight excluding hydrogens is 232 g/mol. The smallest absolute Gasteiger partial charge is 0.330 e. The summed E-state index contributed by atoms with van der Waals surface area (Å²) < 4.78 is 5.12. The van der Waals surface area contributed by atoms with Crippen molar-refractivity contribution in [3.05, 3.63) is 36.5 Å². The molecule has 0 aromatic carbocycles. The van der Waals surface area contributed by atoms with Gasteiger partial charge in [-0.25, -0.2) is 4.79 Å². The van der Waals surface area contributed by atoms with Crippen LogP contribution in [0.25, 0.3) is 0 Å². The number of aliphatic hydroxyl groups is 2. The number of carbonyl (C=O) groups is 1. The van der Waals surface area contributed by atoms with E-state index in [4.69, 9.17) is 4.74 Å². The number of hydrogen-bond acceptors (Lipinski definition) is 4. The minimum Gasteiger partial charge on any atom is -0.460 e. The van der Waals surface area contributed by atoms with E-state index in [1.165, 1.54) is 18.2 Å². The van der Waals surface area contributed by atoms with Gasteiger partial charge in [0.2, 0.25) is 0 Å². The summed E-state index contributed by atoms with van der Waals surface area (Å²) in [6.07, 6.45) is 9.71. The molecule has 0 amide bonds. The Bertz CT molecular complexity index is 344. The number of cyclic esters (lactones) is 1. The van der Waals surface area contributed by atoms with Gasteiger partial charge in [-0.15, -0.1) is 0 Å². The third kappa shape index (κ3) is 6.37. The third-order valence-electron chi connectivity index (χ3n) is 2.61. The van der Waals surface area contributed by atoms with Crippen molar-refractivity contribution in [2.75, 3.05) is 0 Å². The summed E-state index contributed by atoms with van der Waals surface area (Å²) in [7, 11) is 0. The Balaban J connectivity index is 2.68. The fraction of sp³-hybridized carbons (Fsp3) is 0.500. The first-order valence-corrected chi connectivity index (χ1v) is 6.18. The predicted molar refractivity (Wildman–Crippen MR) is 68.8 cm³/mol. The highest BCUT2D eigenvalue weighted by atomic mass is 16.5. The van der Waals surface area contributed by atoms with Crippen LogP contribution in [0.15, 0.2) is 36.5 Å². The molecule has 0 aromatic rings. The van der Waals surface area contributed by atoms with Crippen LogP contribution in [0.1, 0.15) is 26.2 Å². The SMILES string of the molecule is CC1CCC[C@@H](O)/C=C\C=C[C@@H](O)/C=C/C(=O)O1. The molecule has 1 unspecified atom stereocenters. The fourth-order valence-electron chi connectivity index (χ4n) is 1.62. The van der Waals surface area contributed by atoms with Crippen molar-refractivity contribution in [1.29, 1.82) is 0 Å². The van der Waals surface area contributed by atoms with Crippen molar-refractivity contribution in [2.24, 2.45) is 0 Å². The molecule has 1 aliphatic rings. The molecule has 0 spiro atoms. The Hall–Kier alpha value is -1.39. The second-order valence-corrected chi connectivity index (χ2v) is 4.37. The van der Waals surface area contributed by atoms with Crippen LogP contribution in [0, 0.1) is 0 Å². The van der Waals surface area contributed by atoms with Crippen molar-refractivity contribution in [2.45, 2.75) is 44.5 Å². The van der Waals surface area contributed by atoms with E-state index in [-0.39, 0.29) is 6.10 Å². The molecule has 1 aliphatic heterocycles. The quantitative estimate of drug-likeness (QED) is 0.641. The van der Waals surface area contributed by atoms with Gasteiger partial charge in [-0.2, -0.15) is 0 Å². The number of carbonyl (C=O) groups excluding carboxylic acids is 1. The predicted octanol–water partition coefficient (Wildman–Crippen LogP) is 1.49. The summed E-state index contributed by atoms with van der Waals surface area (Å²) in [4.78, 5) is 11.4. The Kier molecular flexibility index (Phi) is 6.39. The number of aliphatic hydroxyl groups excluding tert-OH is 2. The molecule has 0 saturated carbocycles. The Labute approximate surface area is 107 Å². The van der Waals surface area contributed by atoms with Gasteiger partial charge in [-0.1, -0.05) is 24.3 Å². The van der Waals surface area contributed by atoms with Gasteiger partial charge in [-0.3, -0.25) is 0 Å². The highest BCUT2D eigenvalue weighted by Gasteiger charge is 2.08. The maximum Gasteiger partial charge on any atom is 0.330 e. The number of esters is 1. The van der Waals surface area contributed by atoms with E-state index < -0.39 is 18.2 Å². The fourth-order valence-corrected chi connectivity index (χ4v) is 1.62. The molecular formula is C14H20O4. The summed E-state index contributed by atoms with van der Waals surface area (Å²) >= 11 is 0. The molecule has 0 fully saturated rings. The van der Waals surface area contributed by atoms with Crippen molar-refractivity contribution < 1.29 is 19.7 Å². The zero-order valence-electron chi connectivity index (χ0n) is 10.5. The molecule has 2 N–H and O–H groups in total. The largest absolute Gasteiger partial charge is 0.460 e. The van der Waals surface area contributed by atoms with E-state index in [1.54, 1.807) is 18.2 Å². The zero-order valence-corrected chi connectivity index (χ0v) is 10.5. The van der Waals surface area contributed by atoms with Gasteiger partial charge in [0.15, 0.2) is 0 Å². The molecule has 100 valence electrons. The van der Waals surface area contributed by atoms with E-state index in [0.29, 0.717) is 12.8 Å². The normalized spacial score (nSPS) is 34.4.